The minimum Gasteiger partial charge on any atom is -0.302 e. The lowest BCUT2D eigenvalue weighted by atomic mass is 10.1. The average Bonchev–Trinajstić information content (AvgIpc) is 2.22. The second kappa shape index (κ2) is 1.84. The van der Waals surface area contributed by atoms with E-state index in [1.54, 1.807) is 5.57 Å². The molecule has 0 saturated carbocycles. The fourth-order valence-electron chi connectivity index (χ4n) is 1.98. The van der Waals surface area contributed by atoms with Crippen molar-refractivity contribution in [2.24, 2.45) is 5.92 Å². The van der Waals surface area contributed by atoms with Crippen molar-refractivity contribution in [3.63, 3.8) is 0 Å². The Morgan fingerprint density at radius 1 is 1.67 bits per heavy atom. The van der Waals surface area contributed by atoms with Crippen LogP contribution < -0.4 is 0 Å². The van der Waals surface area contributed by atoms with E-state index in [0.717, 1.165) is 5.92 Å². The van der Waals surface area contributed by atoms with Crippen LogP contribution in [-0.4, -0.2) is 25.0 Å². The molecule has 0 spiro atoms. The molecule has 0 radical (unpaired) electrons. The molecule has 1 nitrogen and oxygen atoms in total. The molecule has 9 heavy (non-hydrogen) atoms. The molecule has 0 N–H and O–H groups in total. The fourth-order valence-corrected chi connectivity index (χ4v) is 1.98. The summed E-state index contributed by atoms with van der Waals surface area (Å²) in [6.45, 7) is 2.55. The molecular formula is C8H13N. The van der Waals surface area contributed by atoms with E-state index in [1.165, 1.54) is 25.9 Å². The minimum atomic E-state index is 0.940. The molecule has 1 aliphatic heterocycles. The van der Waals surface area contributed by atoms with E-state index < -0.39 is 0 Å². The maximum atomic E-state index is 2.42. The third kappa shape index (κ3) is 0.799. The zero-order valence-electron chi connectivity index (χ0n) is 5.93. The smallest absolute Gasteiger partial charge is 0.0193 e. The largest absolute Gasteiger partial charge is 0.302 e. The van der Waals surface area contributed by atoms with Gasteiger partial charge in [0.05, 0.1) is 0 Å². The highest BCUT2D eigenvalue weighted by molar-refractivity contribution is 5.18. The van der Waals surface area contributed by atoms with Crippen LogP contribution in [-0.2, 0) is 0 Å². The maximum absolute atomic E-state index is 2.42. The Hall–Kier alpha value is -0.300. The van der Waals surface area contributed by atoms with Gasteiger partial charge >= 0.3 is 0 Å². The van der Waals surface area contributed by atoms with Crippen molar-refractivity contribution in [1.29, 1.82) is 0 Å². The Balaban J connectivity index is 2.15. The zero-order valence-corrected chi connectivity index (χ0v) is 5.93. The lowest BCUT2D eigenvalue weighted by molar-refractivity contribution is 0.389. The second-order valence-electron chi connectivity index (χ2n) is 3.25. The second-order valence-corrected chi connectivity index (χ2v) is 3.25. The summed E-state index contributed by atoms with van der Waals surface area (Å²) in [5, 5.41) is 0. The van der Waals surface area contributed by atoms with Crippen molar-refractivity contribution in [2.75, 3.05) is 20.1 Å². The van der Waals surface area contributed by atoms with Crippen LogP contribution in [0.2, 0.25) is 0 Å². The fraction of sp³-hybridized carbons (Fsp3) is 0.750. The first-order valence-corrected chi connectivity index (χ1v) is 3.74. The molecule has 0 aromatic heterocycles. The van der Waals surface area contributed by atoms with Gasteiger partial charge in [-0.2, -0.15) is 0 Å². The van der Waals surface area contributed by atoms with Gasteiger partial charge in [-0.25, -0.2) is 0 Å². The summed E-state index contributed by atoms with van der Waals surface area (Å²) in [4.78, 5) is 2.41. The van der Waals surface area contributed by atoms with Crippen molar-refractivity contribution < 1.29 is 0 Å². The molecule has 1 heterocycles. The first-order chi connectivity index (χ1) is 4.36. The van der Waals surface area contributed by atoms with Gasteiger partial charge in [0.15, 0.2) is 0 Å². The Morgan fingerprint density at radius 3 is 3.33 bits per heavy atom. The third-order valence-electron chi connectivity index (χ3n) is 2.43. The number of hydrogen-bond acceptors (Lipinski definition) is 1. The van der Waals surface area contributed by atoms with E-state index in [1.807, 2.05) is 0 Å². The van der Waals surface area contributed by atoms with Crippen molar-refractivity contribution >= 4 is 0 Å². The number of likely N-dealkylation sites (tertiary alicyclic amines) is 1. The highest BCUT2D eigenvalue weighted by Crippen LogP contribution is 2.31. The first kappa shape index (κ1) is 5.48. The lowest BCUT2D eigenvalue weighted by Crippen LogP contribution is -2.13. The van der Waals surface area contributed by atoms with Gasteiger partial charge in [-0.3, -0.25) is 0 Å². The van der Waals surface area contributed by atoms with Gasteiger partial charge < -0.3 is 4.90 Å². The van der Waals surface area contributed by atoms with Crippen molar-refractivity contribution in [3.05, 3.63) is 11.6 Å². The minimum absolute atomic E-state index is 0.940. The Kier molecular flexibility index (Phi) is 1.12. The summed E-state index contributed by atoms with van der Waals surface area (Å²) >= 11 is 0. The number of allylic oxidation sites excluding steroid dienone is 1. The molecule has 1 aliphatic carbocycles. The van der Waals surface area contributed by atoms with Crippen LogP contribution in [0, 0.1) is 5.92 Å². The number of rotatable bonds is 0. The molecule has 1 heteroatoms. The van der Waals surface area contributed by atoms with Gasteiger partial charge in [0.1, 0.15) is 0 Å². The topological polar surface area (TPSA) is 3.24 Å². The van der Waals surface area contributed by atoms with E-state index in [9.17, 15) is 0 Å². The lowest BCUT2D eigenvalue weighted by Gasteiger charge is -2.05. The molecule has 2 aliphatic rings. The third-order valence-corrected chi connectivity index (χ3v) is 2.43. The highest BCUT2D eigenvalue weighted by Gasteiger charge is 2.26. The molecule has 0 amide bonds. The molecule has 50 valence electrons. The van der Waals surface area contributed by atoms with Gasteiger partial charge in [0.25, 0.3) is 0 Å². The van der Waals surface area contributed by atoms with Crippen LogP contribution in [0.1, 0.15) is 12.8 Å². The summed E-state index contributed by atoms with van der Waals surface area (Å²) in [5.74, 6) is 0.940. The molecule has 0 aromatic carbocycles. The predicted molar refractivity (Wildman–Crippen MR) is 38.3 cm³/mol. The van der Waals surface area contributed by atoms with Gasteiger partial charge in [0.2, 0.25) is 0 Å². The molecule has 0 bridgehead atoms. The van der Waals surface area contributed by atoms with Crippen molar-refractivity contribution in [1.82, 2.24) is 4.90 Å². The molecule has 1 unspecified atom stereocenters. The van der Waals surface area contributed by atoms with Crippen LogP contribution in [0.4, 0.5) is 0 Å². The number of fused-ring (bicyclic) bond motifs is 1. The van der Waals surface area contributed by atoms with Gasteiger partial charge in [-0.05, 0) is 25.8 Å². The van der Waals surface area contributed by atoms with Crippen molar-refractivity contribution in [2.45, 2.75) is 12.8 Å². The first-order valence-electron chi connectivity index (χ1n) is 3.74. The summed E-state index contributed by atoms with van der Waals surface area (Å²) in [5.41, 5.74) is 1.71. The van der Waals surface area contributed by atoms with Gasteiger partial charge in [-0.15, -0.1) is 0 Å². The maximum Gasteiger partial charge on any atom is 0.0193 e. The van der Waals surface area contributed by atoms with Crippen LogP contribution in [0.15, 0.2) is 11.6 Å². The monoisotopic (exact) mass is 123 g/mol. The number of nitrogens with zero attached hydrogens (tertiary/aromatic N) is 1. The Bertz CT molecular complexity index is 149. The van der Waals surface area contributed by atoms with E-state index >= 15 is 0 Å². The Morgan fingerprint density at radius 2 is 2.56 bits per heavy atom. The summed E-state index contributed by atoms with van der Waals surface area (Å²) in [6.07, 6.45) is 5.18. The molecule has 0 aromatic rings. The molecule has 2 rings (SSSR count). The van der Waals surface area contributed by atoms with E-state index in [-0.39, 0.29) is 0 Å². The van der Waals surface area contributed by atoms with Crippen LogP contribution in [0.25, 0.3) is 0 Å². The van der Waals surface area contributed by atoms with Crippen LogP contribution in [0.5, 0.6) is 0 Å². The SMILES string of the molecule is CN1CC2=CCCC2C1. The predicted octanol–water partition coefficient (Wildman–Crippen LogP) is 1.27. The average molecular weight is 123 g/mol. The van der Waals surface area contributed by atoms with E-state index in [2.05, 4.69) is 18.0 Å². The number of hydrogen-bond donors (Lipinski definition) is 0. The van der Waals surface area contributed by atoms with Crippen LogP contribution in [0.3, 0.4) is 0 Å². The summed E-state index contributed by atoms with van der Waals surface area (Å²) < 4.78 is 0. The van der Waals surface area contributed by atoms with Crippen molar-refractivity contribution in [3.8, 4) is 0 Å². The van der Waals surface area contributed by atoms with E-state index in [0.29, 0.717) is 0 Å². The zero-order chi connectivity index (χ0) is 6.27. The molecular weight excluding hydrogens is 110 g/mol. The standard InChI is InChI=1S/C8H13N/c1-9-5-7-3-2-4-8(7)6-9/h3,8H,2,4-6H2,1H3. The highest BCUT2D eigenvalue weighted by atomic mass is 15.1. The summed E-state index contributed by atoms with van der Waals surface area (Å²) in [7, 11) is 2.21. The number of likely N-dealkylation sites (N-methyl/N-ethyl adjacent to an activating group) is 1. The van der Waals surface area contributed by atoms with Gasteiger partial charge in [0, 0.05) is 13.1 Å². The quantitative estimate of drug-likeness (QED) is 0.438. The molecule has 1 atom stereocenters. The molecule has 1 fully saturated rings. The van der Waals surface area contributed by atoms with Gasteiger partial charge in [-0.1, -0.05) is 11.6 Å². The molecule has 1 saturated heterocycles. The summed E-state index contributed by atoms with van der Waals surface area (Å²) in [6, 6.07) is 0. The van der Waals surface area contributed by atoms with Crippen LogP contribution >= 0.6 is 0 Å². The Labute approximate surface area is 56.4 Å². The normalized spacial score (nSPS) is 34.8. The van der Waals surface area contributed by atoms with E-state index in [4.69, 9.17) is 0 Å².